The van der Waals surface area contributed by atoms with Crippen molar-refractivity contribution < 1.29 is 0 Å². The van der Waals surface area contributed by atoms with Crippen molar-refractivity contribution in [2.24, 2.45) is 0 Å². The molecule has 9 rings (SSSR count). The zero-order valence-electron chi connectivity index (χ0n) is 26.5. The summed E-state index contributed by atoms with van der Waals surface area (Å²) in [6, 6.07) is 61.4. The van der Waals surface area contributed by atoms with Gasteiger partial charge in [-0.15, -0.1) is 11.3 Å². The Kier molecular flexibility index (Phi) is 7.34. The SMILES string of the molecule is c1ccc(-c2cccc(-c3nc(-c4ccccc4)nc(-c4ccc(-c5ccccc5)c5sc6c(-c7ccccc7)cccc6c45)n3)c2)cc1. The molecule has 230 valence electrons. The standard InChI is InChI=1S/C45H29N3S/c1-5-15-30(16-6-1)34-23-13-24-35(29-34)44-46-43(33-21-11-4-12-22-33)47-45(48-44)39-28-27-37(32-19-9-3-10-20-32)42-40(39)38-26-14-25-36(41(38)49-42)31-17-7-2-8-18-31/h1-29H. The van der Waals surface area contributed by atoms with Gasteiger partial charge in [0.2, 0.25) is 0 Å². The maximum absolute atomic E-state index is 5.24. The molecule has 9 aromatic rings. The number of thiophene rings is 1. The van der Waals surface area contributed by atoms with Crippen LogP contribution in [-0.4, -0.2) is 15.0 Å². The molecule has 0 N–H and O–H groups in total. The average molecular weight is 644 g/mol. The number of hydrogen-bond donors (Lipinski definition) is 0. The van der Waals surface area contributed by atoms with Crippen LogP contribution in [0.5, 0.6) is 0 Å². The lowest BCUT2D eigenvalue weighted by molar-refractivity contribution is 1.08. The fourth-order valence-electron chi connectivity index (χ4n) is 6.59. The van der Waals surface area contributed by atoms with Crippen LogP contribution in [0.4, 0.5) is 0 Å². The Morgan fingerprint density at radius 3 is 1.43 bits per heavy atom. The predicted molar refractivity (Wildman–Crippen MR) is 205 cm³/mol. The van der Waals surface area contributed by atoms with E-state index >= 15 is 0 Å². The van der Waals surface area contributed by atoms with Gasteiger partial charge in [-0.25, -0.2) is 15.0 Å². The Bertz CT molecular complexity index is 2580. The molecule has 7 aromatic carbocycles. The smallest absolute Gasteiger partial charge is 0.164 e. The van der Waals surface area contributed by atoms with E-state index in [1.54, 1.807) is 0 Å². The third kappa shape index (κ3) is 5.38. The molecule has 0 fully saturated rings. The second-order valence-electron chi connectivity index (χ2n) is 12.0. The average Bonchev–Trinajstić information content (AvgIpc) is 3.59. The van der Waals surface area contributed by atoms with E-state index in [1.807, 2.05) is 35.6 Å². The highest BCUT2D eigenvalue weighted by molar-refractivity contribution is 7.27. The molecule has 0 bridgehead atoms. The van der Waals surface area contributed by atoms with Crippen molar-refractivity contribution in [2.75, 3.05) is 0 Å². The third-order valence-corrected chi connectivity index (χ3v) is 10.2. The molecule has 0 aliphatic rings. The zero-order valence-corrected chi connectivity index (χ0v) is 27.3. The molecule has 0 atom stereocenters. The number of benzene rings is 7. The van der Waals surface area contributed by atoms with Crippen LogP contribution in [0.15, 0.2) is 176 Å². The summed E-state index contributed by atoms with van der Waals surface area (Å²) in [5.74, 6) is 1.95. The Labute approximate surface area is 288 Å². The van der Waals surface area contributed by atoms with E-state index in [2.05, 4.69) is 152 Å². The molecule has 0 amide bonds. The summed E-state index contributed by atoms with van der Waals surface area (Å²) in [5, 5.41) is 2.36. The number of fused-ring (bicyclic) bond motifs is 3. The molecule has 0 saturated carbocycles. The number of hydrogen-bond acceptors (Lipinski definition) is 4. The van der Waals surface area contributed by atoms with Crippen LogP contribution in [0, 0.1) is 0 Å². The van der Waals surface area contributed by atoms with Crippen molar-refractivity contribution >= 4 is 31.5 Å². The first-order valence-corrected chi connectivity index (χ1v) is 17.2. The van der Waals surface area contributed by atoms with E-state index in [0.717, 1.165) is 33.2 Å². The van der Waals surface area contributed by atoms with Crippen LogP contribution in [0.3, 0.4) is 0 Å². The quantitative estimate of drug-likeness (QED) is 0.181. The highest BCUT2D eigenvalue weighted by Gasteiger charge is 2.21. The Morgan fingerprint density at radius 1 is 0.306 bits per heavy atom. The van der Waals surface area contributed by atoms with Crippen molar-refractivity contribution in [1.82, 2.24) is 15.0 Å². The third-order valence-electron chi connectivity index (χ3n) is 8.95. The summed E-state index contributed by atoms with van der Waals surface area (Å²) in [6.07, 6.45) is 0. The number of rotatable bonds is 6. The molecule has 0 saturated heterocycles. The summed E-state index contributed by atoms with van der Waals surface area (Å²) >= 11 is 1.84. The fraction of sp³-hybridized carbons (Fsp3) is 0. The molecule has 4 heteroatoms. The Hall–Kier alpha value is -6.23. The van der Waals surface area contributed by atoms with Crippen molar-refractivity contribution in [3.63, 3.8) is 0 Å². The second-order valence-corrected chi connectivity index (χ2v) is 13.0. The molecule has 0 aliphatic carbocycles. The number of aromatic nitrogens is 3. The van der Waals surface area contributed by atoms with Gasteiger partial charge in [0.15, 0.2) is 17.5 Å². The topological polar surface area (TPSA) is 38.7 Å². The second kappa shape index (κ2) is 12.4. The van der Waals surface area contributed by atoms with Crippen molar-refractivity contribution in [1.29, 1.82) is 0 Å². The van der Waals surface area contributed by atoms with E-state index in [1.165, 1.54) is 37.0 Å². The highest BCUT2D eigenvalue weighted by Crippen LogP contribution is 2.47. The highest BCUT2D eigenvalue weighted by atomic mass is 32.1. The normalized spacial score (nSPS) is 11.3. The van der Waals surface area contributed by atoms with Crippen LogP contribution < -0.4 is 0 Å². The van der Waals surface area contributed by atoms with Gasteiger partial charge < -0.3 is 0 Å². The van der Waals surface area contributed by atoms with Crippen molar-refractivity contribution in [2.45, 2.75) is 0 Å². The van der Waals surface area contributed by atoms with E-state index in [-0.39, 0.29) is 0 Å². The maximum atomic E-state index is 5.24. The van der Waals surface area contributed by atoms with Gasteiger partial charge in [-0.1, -0.05) is 164 Å². The number of nitrogens with zero attached hydrogens (tertiary/aromatic N) is 3. The summed E-state index contributed by atoms with van der Waals surface area (Å²) in [5.41, 5.74) is 9.97. The van der Waals surface area contributed by atoms with Crippen LogP contribution in [-0.2, 0) is 0 Å². The maximum Gasteiger partial charge on any atom is 0.164 e. The lowest BCUT2D eigenvalue weighted by atomic mass is 9.96. The first-order valence-electron chi connectivity index (χ1n) is 16.4. The Balaban J connectivity index is 1.32. The van der Waals surface area contributed by atoms with Gasteiger partial charge in [0.25, 0.3) is 0 Å². The fourth-order valence-corrected chi connectivity index (χ4v) is 7.99. The molecular formula is C45H29N3S. The molecule has 0 unspecified atom stereocenters. The van der Waals surface area contributed by atoms with Gasteiger partial charge in [-0.3, -0.25) is 0 Å². The molecule has 3 nitrogen and oxygen atoms in total. The minimum atomic E-state index is 0.645. The minimum Gasteiger partial charge on any atom is -0.208 e. The molecular weight excluding hydrogens is 615 g/mol. The minimum absolute atomic E-state index is 0.645. The van der Waals surface area contributed by atoms with Gasteiger partial charge in [0.05, 0.1) is 0 Å². The zero-order chi connectivity index (χ0) is 32.6. The van der Waals surface area contributed by atoms with Crippen molar-refractivity contribution in [3.8, 4) is 67.5 Å². The molecule has 49 heavy (non-hydrogen) atoms. The van der Waals surface area contributed by atoms with E-state index < -0.39 is 0 Å². The Morgan fingerprint density at radius 2 is 0.776 bits per heavy atom. The van der Waals surface area contributed by atoms with E-state index in [4.69, 9.17) is 15.0 Å². The van der Waals surface area contributed by atoms with Gasteiger partial charge in [0.1, 0.15) is 0 Å². The molecule has 0 radical (unpaired) electrons. The van der Waals surface area contributed by atoms with Crippen LogP contribution in [0.25, 0.3) is 87.7 Å². The van der Waals surface area contributed by atoms with Gasteiger partial charge in [0, 0.05) is 36.9 Å². The lowest BCUT2D eigenvalue weighted by Crippen LogP contribution is -2.00. The first kappa shape index (κ1) is 29.0. The van der Waals surface area contributed by atoms with E-state index in [9.17, 15) is 0 Å². The first-order chi connectivity index (χ1) is 24.3. The molecule has 2 heterocycles. The monoisotopic (exact) mass is 643 g/mol. The summed E-state index contributed by atoms with van der Waals surface area (Å²) in [7, 11) is 0. The summed E-state index contributed by atoms with van der Waals surface area (Å²) in [4.78, 5) is 15.5. The van der Waals surface area contributed by atoms with Gasteiger partial charge >= 0.3 is 0 Å². The van der Waals surface area contributed by atoms with Crippen LogP contribution in [0.2, 0.25) is 0 Å². The molecule has 0 spiro atoms. The molecule has 0 aliphatic heterocycles. The van der Waals surface area contributed by atoms with Gasteiger partial charge in [-0.05, 0) is 45.5 Å². The predicted octanol–water partition coefficient (Wildman–Crippen LogP) is 12.2. The van der Waals surface area contributed by atoms with Crippen LogP contribution in [0.1, 0.15) is 0 Å². The van der Waals surface area contributed by atoms with Crippen molar-refractivity contribution in [3.05, 3.63) is 176 Å². The lowest BCUT2D eigenvalue weighted by Gasteiger charge is -2.12. The summed E-state index contributed by atoms with van der Waals surface area (Å²) < 4.78 is 2.47. The molecule has 2 aromatic heterocycles. The van der Waals surface area contributed by atoms with Gasteiger partial charge in [-0.2, -0.15) is 0 Å². The largest absolute Gasteiger partial charge is 0.208 e. The van der Waals surface area contributed by atoms with Crippen LogP contribution >= 0.6 is 11.3 Å². The van der Waals surface area contributed by atoms with E-state index in [0.29, 0.717) is 17.5 Å². The summed E-state index contributed by atoms with van der Waals surface area (Å²) in [6.45, 7) is 0.